The highest BCUT2D eigenvalue weighted by Crippen LogP contribution is 2.16. The number of carboxylic acid groups (broad SMARTS) is 2. The SMILES string of the molecule is N=C1N=C2N=CC(CN(C=O)c3ccc(C(=O)N[C@@H](CCC(=O)O)C(=O)O)cc3)=NC2C(=O)N1. The van der Waals surface area contributed by atoms with Crippen LogP contribution in [0.3, 0.4) is 0 Å². The molecule has 5 N–H and O–H groups in total. The number of hydrogen-bond donors (Lipinski definition) is 5. The zero-order chi connectivity index (χ0) is 24.8. The molecule has 0 saturated heterocycles. The van der Waals surface area contributed by atoms with Crippen molar-refractivity contribution in [2.24, 2.45) is 15.0 Å². The predicted octanol–water partition coefficient (Wildman–Crippen LogP) is -0.946. The topological polar surface area (TPSA) is 214 Å². The van der Waals surface area contributed by atoms with Crippen molar-refractivity contribution in [1.82, 2.24) is 10.6 Å². The van der Waals surface area contributed by atoms with Crippen LogP contribution in [0.2, 0.25) is 0 Å². The number of benzene rings is 1. The normalized spacial score (nSPS) is 17.5. The largest absolute Gasteiger partial charge is 0.481 e. The third kappa shape index (κ3) is 5.73. The Bertz CT molecular complexity index is 1140. The molecular formula is C20H19N7O7. The Balaban J connectivity index is 1.67. The maximum Gasteiger partial charge on any atom is 0.326 e. The van der Waals surface area contributed by atoms with Crippen LogP contribution in [0.4, 0.5) is 5.69 Å². The van der Waals surface area contributed by atoms with Crippen molar-refractivity contribution < 1.29 is 34.2 Å². The van der Waals surface area contributed by atoms with Gasteiger partial charge in [-0.25, -0.2) is 9.79 Å². The van der Waals surface area contributed by atoms with E-state index >= 15 is 0 Å². The van der Waals surface area contributed by atoms with Crippen molar-refractivity contribution in [3.63, 3.8) is 0 Å². The van der Waals surface area contributed by atoms with E-state index in [1.54, 1.807) is 0 Å². The summed E-state index contributed by atoms with van der Waals surface area (Å²) in [6.07, 6.45) is 1.17. The maximum atomic E-state index is 12.4. The lowest BCUT2D eigenvalue weighted by molar-refractivity contribution is -0.140. The molecule has 3 rings (SSSR count). The third-order valence-electron chi connectivity index (χ3n) is 4.77. The van der Waals surface area contributed by atoms with Crippen LogP contribution in [-0.4, -0.2) is 82.7 Å². The van der Waals surface area contributed by atoms with Crippen molar-refractivity contribution in [2.75, 3.05) is 11.4 Å². The molecule has 0 aliphatic carbocycles. The summed E-state index contributed by atoms with van der Waals surface area (Å²) in [6, 6.07) is 3.28. The number of rotatable bonds is 10. The fourth-order valence-corrected chi connectivity index (χ4v) is 3.08. The van der Waals surface area contributed by atoms with E-state index in [2.05, 4.69) is 25.6 Å². The number of nitrogens with one attached hydrogen (secondary N) is 3. The minimum absolute atomic E-state index is 0.0384. The average molecular weight is 469 g/mol. The molecule has 0 aromatic heterocycles. The van der Waals surface area contributed by atoms with E-state index in [1.165, 1.54) is 35.4 Å². The first-order valence-electron chi connectivity index (χ1n) is 9.84. The summed E-state index contributed by atoms with van der Waals surface area (Å²) in [6.45, 7) is -0.0384. The van der Waals surface area contributed by atoms with Gasteiger partial charge in [0.05, 0.1) is 18.5 Å². The molecule has 3 amide bonds. The Morgan fingerprint density at radius 3 is 2.56 bits per heavy atom. The highest BCUT2D eigenvalue weighted by atomic mass is 16.4. The zero-order valence-electron chi connectivity index (χ0n) is 17.5. The highest BCUT2D eigenvalue weighted by Gasteiger charge is 2.31. The number of fused-ring (bicyclic) bond motifs is 1. The van der Waals surface area contributed by atoms with Gasteiger partial charge in [0.1, 0.15) is 6.04 Å². The van der Waals surface area contributed by atoms with Crippen LogP contribution >= 0.6 is 0 Å². The molecule has 1 aromatic carbocycles. The minimum atomic E-state index is -1.37. The number of hydrogen-bond acceptors (Lipinski definition) is 8. The molecule has 2 aliphatic heterocycles. The summed E-state index contributed by atoms with van der Waals surface area (Å²) in [4.78, 5) is 71.2. The van der Waals surface area contributed by atoms with Crippen molar-refractivity contribution in [3.05, 3.63) is 29.8 Å². The summed E-state index contributed by atoms with van der Waals surface area (Å²) in [7, 11) is 0. The number of aliphatic imine (C=N–C) groups is 3. The predicted molar refractivity (Wildman–Crippen MR) is 119 cm³/mol. The molecule has 0 radical (unpaired) electrons. The summed E-state index contributed by atoms with van der Waals surface area (Å²) in [5.74, 6) is -4.06. The van der Waals surface area contributed by atoms with Crippen LogP contribution < -0.4 is 15.5 Å². The van der Waals surface area contributed by atoms with Crippen molar-refractivity contribution in [1.29, 1.82) is 5.41 Å². The second kappa shape index (κ2) is 10.2. The monoisotopic (exact) mass is 469 g/mol. The summed E-state index contributed by atoms with van der Waals surface area (Å²) >= 11 is 0. The van der Waals surface area contributed by atoms with E-state index in [-0.39, 0.29) is 30.3 Å². The minimum Gasteiger partial charge on any atom is -0.481 e. The lowest BCUT2D eigenvalue weighted by atomic mass is 10.1. The summed E-state index contributed by atoms with van der Waals surface area (Å²) < 4.78 is 0. The van der Waals surface area contributed by atoms with Gasteiger partial charge in [-0.1, -0.05) is 0 Å². The smallest absolute Gasteiger partial charge is 0.326 e. The molecule has 2 atom stereocenters. The van der Waals surface area contributed by atoms with Gasteiger partial charge in [0, 0.05) is 17.7 Å². The fraction of sp³-hybridized carbons (Fsp3) is 0.250. The average Bonchev–Trinajstić information content (AvgIpc) is 2.80. The van der Waals surface area contributed by atoms with Gasteiger partial charge >= 0.3 is 11.9 Å². The number of amidine groups is 1. The molecule has 2 aliphatic rings. The number of guanidine groups is 1. The second-order valence-corrected chi connectivity index (χ2v) is 7.17. The first kappa shape index (κ1) is 23.9. The molecule has 0 saturated carbocycles. The van der Waals surface area contributed by atoms with Gasteiger partial charge in [-0.2, -0.15) is 4.99 Å². The van der Waals surface area contributed by atoms with E-state index in [9.17, 15) is 29.1 Å². The lowest BCUT2D eigenvalue weighted by Gasteiger charge is -2.23. The molecule has 2 heterocycles. The molecule has 1 unspecified atom stereocenters. The quantitative estimate of drug-likeness (QED) is 0.271. The standard InChI is InChI=1S/C20H19N7O7/c21-20-25-16-15(18(32)26-20)23-11(7-22-16)8-27(9-28)12-3-1-10(2-4-12)17(31)24-13(19(33)34)5-6-14(29)30/h1-4,7,9,13,15H,5-6,8H2,(H,24,31)(H,29,30)(H,33,34)(H2,21,26,32)/t13-,15?/m0/s1. The fourth-order valence-electron chi connectivity index (χ4n) is 3.08. The number of carboxylic acids is 2. The van der Waals surface area contributed by atoms with E-state index < -0.39 is 42.3 Å². The lowest BCUT2D eigenvalue weighted by Crippen LogP contribution is -2.48. The third-order valence-corrected chi connectivity index (χ3v) is 4.77. The van der Waals surface area contributed by atoms with Gasteiger partial charge in [-0.3, -0.25) is 34.9 Å². The van der Waals surface area contributed by atoms with Gasteiger partial charge in [-0.15, -0.1) is 0 Å². The number of anilines is 1. The van der Waals surface area contributed by atoms with Gasteiger partial charge < -0.3 is 20.4 Å². The van der Waals surface area contributed by atoms with Crippen LogP contribution in [0, 0.1) is 5.41 Å². The van der Waals surface area contributed by atoms with Crippen LogP contribution in [-0.2, 0) is 19.2 Å². The highest BCUT2D eigenvalue weighted by molar-refractivity contribution is 6.38. The van der Waals surface area contributed by atoms with Gasteiger partial charge in [0.2, 0.25) is 12.4 Å². The first-order valence-corrected chi connectivity index (χ1v) is 9.84. The Kier molecular flexibility index (Phi) is 7.20. The Labute approximate surface area is 191 Å². The van der Waals surface area contributed by atoms with Crippen LogP contribution in [0.15, 0.2) is 39.2 Å². The molecule has 34 heavy (non-hydrogen) atoms. The number of carbonyl (C=O) groups is 5. The van der Waals surface area contributed by atoms with Crippen LogP contribution in [0.25, 0.3) is 0 Å². The van der Waals surface area contributed by atoms with E-state index in [1.807, 2.05) is 0 Å². The Hall–Kier alpha value is -4.75. The van der Waals surface area contributed by atoms with Crippen molar-refractivity contribution in [2.45, 2.75) is 24.9 Å². The van der Waals surface area contributed by atoms with Crippen molar-refractivity contribution >= 4 is 59.6 Å². The molecule has 14 nitrogen and oxygen atoms in total. The van der Waals surface area contributed by atoms with E-state index in [0.29, 0.717) is 17.8 Å². The molecule has 1 aromatic rings. The summed E-state index contributed by atoms with van der Waals surface area (Å²) in [5.41, 5.74) is 0.803. The Morgan fingerprint density at radius 1 is 1.24 bits per heavy atom. The van der Waals surface area contributed by atoms with E-state index in [4.69, 9.17) is 10.5 Å². The zero-order valence-corrected chi connectivity index (χ0v) is 17.5. The van der Waals surface area contributed by atoms with Crippen LogP contribution in [0.5, 0.6) is 0 Å². The molecule has 0 bridgehead atoms. The molecule has 0 spiro atoms. The number of aliphatic carboxylic acids is 2. The van der Waals surface area contributed by atoms with Gasteiger partial charge in [-0.05, 0) is 30.7 Å². The Morgan fingerprint density at radius 2 is 1.94 bits per heavy atom. The molecule has 14 heteroatoms. The first-order chi connectivity index (χ1) is 16.2. The van der Waals surface area contributed by atoms with Crippen molar-refractivity contribution in [3.8, 4) is 0 Å². The number of amides is 3. The molecule has 176 valence electrons. The molecular weight excluding hydrogens is 450 g/mol. The summed E-state index contributed by atoms with van der Waals surface area (Å²) in [5, 5.41) is 29.8. The number of nitrogens with zero attached hydrogens (tertiary/aromatic N) is 4. The second-order valence-electron chi connectivity index (χ2n) is 7.17. The van der Waals surface area contributed by atoms with E-state index in [0.717, 1.165) is 0 Å². The van der Waals surface area contributed by atoms with Gasteiger partial charge in [0.25, 0.3) is 11.8 Å². The maximum absolute atomic E-state index is 12.4. The van der Waals surface area contributed by atoms with Gasteiger partial charge in [0.15, 0.2) is 11.9 Å². The molecule has 0 fully saturated rings. The van der Waals surface area contributed by atoms with Crippen LogP contribution in [0.1, 0.15) is 23.2 Å². The number of carbonyl (C=O) groups excluding carboxylic acids is 3.